The minimum Gasteiger partial charge on any atom is -0.319 e. The maximum absolute atomic E-state index is 12.0. The quantitative estimate of drug-likeness (QED) is 0.725. The van der Waals surface area contributed by atoms with E-state index in [1.807, 2.05) is 6.07 Å². The molecule has 0 aliphatic rings. The number of nitrogens with zero attached hydrogens (tertiary/aromatic N) is 4. The first-order valence-corrected chi connectivity index (χ1v) is 5.84. The number of hydrogen-bond acceptors (Lipinski definition) is 4. The summed E-state index contributed by atoms with van der Waals surface area (Å²) in [4.78, 5) is 15.9. The third kappa shape index (κ3) is 2.38. The van der Waals surface area contributed by atoms with Crippen molar-refractivity contribution in [3.63, 3.8) is 0 Å². The Morgan fingerprint density at radius 2 is 2.21 bits per heavy atom. The summed E-state index contributed by atoms with van der Waals surface area (Å²) >= 11 is 5.67. The van der Waals surface area contributed by atoms with Gasteiger partial charge in [0.05, 0.1) is 17.4 Å². The van der Waals surface area contributed by atoms with Crippen LogP contribution >= 0.6 is 11.6 Å². The molecule has 0 fully saturated rings. The van der Waals surface area contributed by atoms with Gasteiger partial charge in [-0.1, -0.05) is 11.6 Å². The predicted octanol–water partition coefficient (Wildman–Crippen LogP) is 2.03. The smallest absolute Gasteiger partial charge is 0.276 e. The molecule has 1 amide bonds. The van der Waals surface area contributed by atoms with Gasteiger partial charge in [-0.25, -0.2) is 4.98 Å². The van der Waals surface area contributed by atoms with Gasteiger partial charge in [0.15, 0.2) is 5.69 Å². The van der Waals surface area contributed by atoms with Crippen molar-refractivity contribution < 1.29 is 4.79 Å². The van der Waals surface area contributed by atoms with Gasteiger partial charge in [0.1, 0.15) is 5.15 Å². The van der Waals surface area contributed by atoms with Gasteiger partial charge in [-0.2, -0.15) is 9.73 Å². The van der Waals surface area contributed by atoms with Crippen molar-refractivity contribution in [1.82, 2.24) is 19.8 Å². The van der Waals surface area contributed by atoms with Gasteiger partial charge in [0.25, 0.3) is 5.91 Å². The summed E-state index contributed by atoms with van der Waals surface area (Å²) in [7, 11) is 0. The Hall–Kier alpha value is -2.47. The van der Waals surface area contributed by atoms with E-state index in [0.29, 0.717) is 10.8 Å². The lowest BCUT2D eigenvalue weighted by molar-refractivity contribution is 0.102. The largest absolute Gasteiger partial charge is 0.319 e. The summed E-state index contributed by atoms with van der Waals surface area (Å²) < 4.78 is 1.40. The zero-order valence-corrected chi connectivity index (χ0v) is 10.4. The first kappa shape index (κ1) is 11.6. The summed E-state index contributed by atoms with van der Waals surface area (Å²) in [5.74, 6) is -0.324. The molecule has 0 aliphatic carbocycles. The Balaban J connectivity index is 1.85. The minimum atomic E-state index is -0.324. The number of fused-ring (bicyclic) bond motifs is 1. The molecule has 6 nitrogen and oxygen atoms in total. The molecule has 7 heteroatoms. The maximum Gasteiger partial charge on any atom is 0.276 e. The van der Waals surface area contributed by atoms with E-state index in [-0.39, 0.29) is 11.6 Å². The lowest BCUT2D eigenvalue weighted by Crippen LogP contribution is -2.12. The molecule has 3 aromatic rings. The molecule has 0 saturated heterocycles. The highest BCUT2D eigenvalue weighted by atomic mass is 35.5. The molecule has 0 bridgehead atoms. The molecular formula is C12H8ClN5O. The lowest BCUT2D eigenvalue weighted by Gasteiger charge is -2.01. The summed E-state index contributed by atoms with van der Waals surface area (Å²) in [6.45, 7) is 0. The molecule has 3 rings (SSSR count). The standard InChI is InChI=1S/C12H8ClN5O/c13-11-4-3-8(7-14-11)16-12(19)10-6-9-2-1-5-15-18(9)17-10/h1-7H,(H,16,19). The van der Waals surface area contributed by atoms with Crippen molar-refractivity contribution >= 4 is 28.7 Å². The zero-order chi connectivity index (χ0) is 13.2. The number of halogens is 1. The second-order valence-electron chi connectivity index (χ2n) is 3.79. The monoisotopic (exact) mass is 273 g/mol. The van der Waals surface area contributed by atoms with Crippen LogP contribution in [-0.2, 0) is 0 Å². The first-order chi connectivity index (χ1) is 9.22. The number of aromatic nitrogens is 4. The zero-order valence-electron chi connectivity index (χ0n) is 9.62. The van der Waals surface area contributed by atoms with Crippen molar-refractivity contribution in [1.29, 1.82) is 0 Å². The van der Waals surface area contributed by atoms with E-state index in [0.717, 1.165) is 5.52 Å². The number of amides is 1. The van der Waals surface area contributed by atoms with Gasteiger partial charge in [-0.15, -0.1) is 5.10 Å². The molecular weight excluding hydrogens is 266 g/mol. The Morgan fingerprint density at radius 3 is 2.95 bits per heavy atom. The van der Waals surface area contributed by atoms with Crippen LogP contribution < -0.4 is 5.32 Å². The van der Waals surface area contributed by atoms with Crippen LogP contribution in [-0.4, -0.2) is 25.7 Å². The van der Waals surface area contributed by atoms with Crippen LogP contribution in [0.1, 0.15) is 10.5 Å². The first-order valence-electron chi connectivity index (χ1n) is 5.46. The molecule has 1 N–H and O–H groups in total. The number of carbonyl (C=O) groups is 1. The number of rotatable bonds is 2. The molecule has 0 saturated carbocycles. The normalized spacial score (nSPS) is 10.6. The van der Waals surface area contributed by atoms with Crippen LogP contribution in [0.3, 0.4) is 0 Å². The van der Waals surface area contributed by atoms with E-state index in [1.165, 1.54) is 10.8 Å². The maximum atomic E-state index is 12.0. The van der Waals surface area contributed by atoms with Gasteiger partial charge in [-0.3, -0.25) is 4.79 Å². The van der Waals surface area contributed by atoms with Crippen molar-refractivity contribution in [2.75, 3.05) is 5.32 Å². The highest BCUT2D eigenvalue weighted by Crippen LogP contribution is 2.11. The van der Waals surface area contributed by atoms with E-state index in [4.69, 9.17) is 11.6 Å². The summed E-state index contributed by atoms with van der Waals surface area (Å²) in [5.41, 5.74) is 1.59. The molecule has 0 unspecified atom stereocenters. The summed E-state index contributed by atoms with van der Waals surface area (Å²) in [6, 6.07) is 8.53. The highest BCUT2D eigenvalue weighted by Gasteiger charge is 2.11. The molecule has 0 atom stereocenters. The average Bonchev–Trinajstić information content (AvgIpc) is 2.85. The second kappa shape index (κ2) is 4.66. The van der Waals surface area contributed by atoms with Crippen LogP contribution in [0.4, 0.5) is 5.69 Å². The summed E-state index contributed by atoms with van der Waals surface area (Å²) in [6.07, 6.45) is 3.08. The molecule has 0 aliphatic heterocycles. The molecule has 19 heavy (non-hydrogen) atoms. The predicted molar refractivity (Wildman–Crippen MR) is 70.2 cm³/mol. The van der Waals surface area contributed by atoms with Gasteiger partial charge >= 0.3 is 0 Å². The third-order valence-corrected chi connectivity index (χ3v) is 2.69. The Labute approximate surface area is 113 Å². The number of nitrogens with one attached hydrogen (secondary N) is 1. The van der Waals surface area contributed by atoms with Crippen molar-refractivity contribution in [3.8, 4) is 0 Å². The topological polar surface area (TPSA) is 72.2 Å². The lowest BCUT2D eigenvalue weighted by atomic mass is 10.3. The number of hydrogen-bond donors (Lipinski definition) is 1. The van der Waals surface area contributed by atoms with Crippen LogP contribution in [0.25, 0.3) is 5.52 Å². The molecule has 94 valence electrons. The van der Waals surface area contributed by atoms with Crippen molar-refractivity contribution in [2.24, 2.45) is 0 Å². The van der Waals surface area contributed by atoms with E-state index < -0.39 is 0 Å². The molecule has 0 radical (unpaired) electrons. The fourth-order valence-corrected chi connectivity index (χ4v) is 1.70. The van der Waals surface area contributed by atoms with Crippen molar-refractivity contribution in [2.45, 2.75) is 0 Å². The fraction of sp³-hybridized carbons (Fsp3) is 0. The SMILES string of the molecule is O=C(Nc1ccc(Cl)nc1)c1cc2cccnn2n1. The molecule has 3 aromatic heterocycles. The Bertz CT molecular complexity index is 704. The third-order valence-electron chi connectivity index (χ3n) is 2.46. The Morgan fingerprint density at radius 1 is 1.32 bits per heavy atom. The Kier molecular flexibility index (Phi) is 2.85. The molecule has 0 aromatic carbocycles. The van der Waals surface area contributed by atoms with E-state index >= 15 is 0 Å². The van der Waals surface area contributed by atoms with Crippen molar-refractivity contribution in [3.05, 3.63) is 53.6 Å². The van der Waals surface area contributed by atoms with E-state index in [1.54, 1.807) is 30.5 Å². The summed E-state index contributed by atoms with van der Waals surface area (Å²) in [5, 5.41) is 11.1. The second-order valence-corrected chi connectivity index (χ2v) is 4.18. The number of carbonyl (C=O) groups excluding carboxylic acids is 1. The van der Waals surface area contributed by atoms with Crippen LogP contribution in [0.5, 0.6) is 0 Å². The van der Waals surface area contributed by atoms with E-state index in [9.17, 15) is 4.79 Å². The molecule has 3 heterocycles. The number of anilines is 1. The fourth-order valence-electron chi connectivity index (χ4n) is 1.59. The van der Waals surface area contributed by atoms with Gasteiger partial charge < -0.3 is 5.32 Å². The van der Waals surface area contributed by atoms with Gasteiger partial charge in [0, 0.05) is 6.20 Å². The molecule has 0 spiro atoms. The average molecular weight is 274 g/mol. The van der Waals surface area contributed by atoms with Crippen LogP contribution in [0.15, 0.2) is 42.7 Å². The van der Waals surface area contributed by atoms with Crippen LogP contribution in [0.2, 0.25) is 5.15 Å². The minimum absolute atomic E-state index is 0.286. The van der Waals surface area contributed by atoms with Gasteiger partial charge in [-0.05, 0) is 30.3 Å². The van der Waals surface area contributed by atoms with Gasteiger partial charge in [0.2, 0.25) is 0 Å². The van der Waals surface area contributed by atoms with E-state index in [2.05, 4.69) is 20.5 Å². The highest BCUT2D eigenvalue weighted by molar-refractivity contribution is 6.29. The van der Waals surface area contributed by atoms with Crippen LogP contribution in [0, 0.1) is 0 Å². The number of pyridine rings is 1.